The molecule has 0 heterocycles. The molecule has 0 aromatic heterocycles. The van der Waals surface area contributed by atoms with Crippen molar-refractivity contribution in [2.45, 2.75) is 12.4 Å². The molecule has 0 N–H and O–H groups in total. The molecule has 2 aromatic carbocycles. The zero-order valence-electron chi connectivity index (χ0n) is 17.8. The minimum atomic E-state index is -4.61. The summed E-state index contributed by atoms with van der Waals surface area (Å²) in [7, 11) is 5.85. The average molecular weight is 472 g/mol. The second-order valence-corrected chi connectivity index (χ2v) is 6.35. The number of nitrogens with zero attached hydrogens (tertiary/aromatic N) is 4. The van der Waals surface area contributed by atoms with Crippen molar-refractivity contribution in [3.8, 4) is 23.6 Å². The molecule has 176 valence electrons. The van der Waals surface area contributed by atoms with E-state index in [1.54, 1.807) is 19.0 Å². The van der Waals surface area contributed by atoms with Gasteiger partial charge in [-0.25, -0.2) is 4.99 Å². The number of rotatable bonds is 4. The smallest absolute Gasteiger partial charge is 0.417 e. The van der Waals surface area contributed by atoms with Crippen molar-refractivity contribution in [1.82, 2.24) is 4.90 Å². The topological polar surface area (TPSA) is 81.6 Å². The Balaban J connectivity index is 0.000000346. The van der Waals surface area contributed by atoms with E-state index in [2.05, 4.69) is 9.73 Å². The molecule has 0 bridgehead atoms. The van der Waals surface area contributed by atoms with Crippen molar-refractivity contribution in [2.75, 3.05) is 28.3 Å². The van der Waals surface area contributed by atoms with Gasteiger partial charge in [0, 0.05) is 14.1 Å². The first-order chi connectivity index (χ1) is 15.3. The molecule has 0 radical (unpaired) electrons. The van der Waals surface area contributed by atoms with Gasteiger partial charge in [-0.15, -0.1) is 0 Å². The van der Waals surface area contributed by atoms with E-state index >= 15 is 0 Å². The maximum Gasteiger partial charge on any atom is 0.417 e. The third-order valence-electron chi connectivity index (χ3n) is 3.86. The predicted octanol–water partition coefficient (Wildman–Crippen LogP) is 5.39. The second-order valence-electron chi connectivity index (χ2n) is 6.35. The van der Waals surface area contributed by atoms with Gasteiger partial charge < -0.3 is 14.4 Å². The fourth-order valence-corrected chi connectivity index (χ4v) is 2.44. The van der Waals surface area contributed by atoms with Gasteiger partial charge >= 0.3 is 12.4 Å². The first kappa shape index (κ1) is 27.1. The summed E-state index contributed by atoms with van der Waals surface area (Å²) >= 11 is 0. The summed E-state index contributed by atoms with van der Waals surface area (Å²) < 4.78 is 85.0. The largest absolute Gasteiger partial charge is 0.495 e. The highest BCUT2D eigenvalue weighted by atomic mass is 19.4. The maximum atomic E-state index is 12.8. The molecule has 2 rings (SSSR count). The Labute approximate surface area is 185 Å². The lowest BCUT2D eigenvalue weighted by Crippen LogP contribution is -2.10. The molecule has 6 nitrogen and oxygen atoms in total. The first-order valence-electron chi connectivity index (χ1n) is 8.84. The number of halogens is 6. The van der Waals surface area contributed by atoms with E-state index < -0.39 is 34.6 Å². The molecule has 0 saturated carbocycles. The minimum Gasteiger partial charge on any atom is -0.495 e. The second kappa shape index (κ2) is 11.1. The molecule has 0 saturated heterocycles. The molecule has 0 amide bonds. The van der Waals surface area contributed by atoms with Gasteiger partial charge in [-0.1, -0.05) is 6.07 Å². The van der Waals surface area contributed by atoms with Crippen LogP contribution in [0, 0.1) is 22.7 Å². The van der Waals surface area contributed by atoms with Crippen molar-refractivity contribution in [3.63, 3.8) is 0 Å². The van der Waals surface area contributed by atoms with E-state index in [0.717, 1.165) is 18.2 Å². The molecule has 0 aliphatic heterocycles. The predicted molar refractivity (Wildman–Crippen MR) is 107 cm³/mol. The molecule has 0 aliphatic carbocycles. The quantitative estimate of drug-likeness (QED) is 0.339. The van der Waals surface area contributed by atoms with E-state index in [9.17, 15) is 26.3 Å². The number of benzene rings is 2. The molecule has 0 aliphatic rings. The van der Waals surface area contributed by atoms with Crippen molar-refractivity contribution in [3.05, 3.63) is 52.6 Å². The summed E-state index contributed by atoms with van der Waals surface area (Å²) in [5.41, 5.74) is -3.16. The summed E-state index contributed by atoms with van der Waals surface area (Å²) in [6.07, 6.45) is -7.84. The molecular formula is C21H18F6N4O2. The van der Waals surface area contributed by atoms with Crippen LogP contribution in [0.15, 0.2) is 35.3 Å². The van der Waals surface area contributed by atoms with Gasteiger partial charge in [-0.2, -0.15) is 36.9 Å². The molecule has 0 atom stereocenters. The monoisotopic (exact) mass is 472 g/mol. The lowest BCUT2D eigenvalue weighted by molar-refractivity contribution is -0.138. The van der Waals surface area contributed by atoms with E-state index in [1.807, 2.05) is 0 Å². The van der Waals surface area contributed by atoms with Crippen LogP contribution in [-0.4, -0.2) is 39.6 Å². The number of methoxy groups -OCH3 is 2. The van der Waals surface area contributed by atoms with Crippen molar-refractivity contribution >= 4 is 12.0 Å². The fraction of sp³-hybridized carbons (Fsp3) is 0.286. The molecule has 33 heavy (non-hydrogen) atoms. The van der Waals surface area contributed by atoms with Crippen LogP contribution in [0.25, 0.3) is 0 Å². The number of nitriles is 2. The van der Waals surface area contributed by atoms with E-state index in [-0.39, 0.29) is 17.2 Å². The normalized spacial score (nSPS) is 11.2. The van der Waals surface area contributed by atoms with Crippen molar-refractivity contribution in [1.29, 1.82) is 10.5 Å². The summed E-state index contributed by atoms with van der Waals surface area (Å²) in [4.78, 5) is 5.42. The summed E-state index contributed by atoms with van der Waals surface area (Å²) in [6.45, 7) is 0. The molecular weight excluding hydrogens is 454 g/mol. The molecule has 2 aromatic rings. The van der Waals surface area contributed by atoms with E-state index in [0.29, 0.717) is 0 Å². The minimum absolute atomic E-state index is 0.0673. The van der Waals surface area contributed by atoms with Gasteiger partial charge in [-0.05, 0) is 24.3 Å². The van der Waals surface area contributed by atoms with Gasteiger partial charge in [0.15, 0.2) is 0 Å². The lowest BCUT2D eigenvalue weighted by atomic mass is 10.1. The van der Waals surface area contributed by atoms with Crippen LogP contribution in [-0.2, 0) is 12.4 Å². The Hall–Kier alpha value is -3.93. The zero-order valence-corrected chi connectivity index (χ0v) is 17.8. The van der Waals surface area contributed by atoms with Gasteiger partial charge in [-0.3, -0.25) is 0 Å². The Kier molecular flexibility index (Phi) is 9.11. The maximum absolute atomic E-state index is 12.8. The van der Waals surface area contributed by atoms with Crippen LogP contribution in [0.5, 0.6) is 11.5 Å². The third-order valence-corrected chi connectivity index (χ3v) is 3.86. The van der Waals surface area contributed by atoms with Crippen LogP contribution in [0.2, 0.25) is 0 Å². The molecule has 0 fully saturated rings. The number of alkyl halides is 6. The zero-order chi connectivity index (χ0) is 25.4. The Morgan fingerprint density at radius 1 is 0.818 bits per heavy atom. The van der Waals surface area contributed by atoms with E-state index in [4.69, 9.17) is 15.3 Å². The summed E-state index contributed by atoms with van der Waals surface area (Å²) in [5.74, 6) is 0.0463. The lowest BCUT2D eigenvalue weighted by Gasteiger charge is -2.13. The van der Waals surface area contributed by atoms with Crippen LogP contribution >= 0.6 is 0 Å². The molecule has 0 spiro atoms. The highest BCUT2D eigenvalue weighted by molar-refractivity contribution is 5.72. The highest BCUT2D eigenvalue weighted by Gasteiger charge is 2.36. The summed E-state index contributed by atoms with van der Waals surface area (Å²) in [6, 6.07) is 8.33. The standard InChI is InChI=1S/C12H12F3N3O.C9H6F3NO/c1-18(2)7-17-11-8(6-16)9(12(13,14)15)4-5-10(11)19-3;1-14-8-4-2-3-7(6(8)5-13)9(10,11)12/h4-5,7H,1-3H3;2-4H,1H3. The van der Waals surface area contributed by atoms with Crippen molar-refractivity contribution in [2.24, 2.45) is 4.99 Å². The van der Waals surface area contributed by atoms with Crippen LogP contribution < -0.4 is 9.47 Å². The summed E-state index contributed by atoms with van der Waals surface area (Å²) in [5, 5.41) is 17.5. The van der Waals surface area contributed by atoms with E-state index in [1.165, 1.54) is 44.8 Å². The van der Waals surface area contributed by atoms with Crippen molar-refractivity contribution < 1.29 is 35.8 Å². The van der Waals surface area contributed by atoms with Crippen LogP contribution in [0.1, 0.15) is 22.3 Å². The van der Waals surface area contributed by atoms with Crippen LogP contribution in [0.3, 0.4) is 0 Å². The molecule has 0 unspecified atom stereocenters. The number of hydrogen-bond acceptors (Lipinski definition) is 5. The highest BCUT2D eigenvalue weighted by Crippen LogP contribution is 2.40. The number of ether oxygens (including phenoxy) is 2. The number of hydrogen-bond donors (Lipinski definition) is 0. The SMILES string of the molecule is COc1ccc(C(F)(F)F)c(C#N)c1N=CN(C)C.COc1cccc(C(F)(F)F)c1C#N. The Morgan fingerprint density at radius 2 is 1.33 bits per heavy atom. The van der Waals surface area contributed by atoms with Crippen LogP contribution in [0.4, 0.5) is 32.0 Å². The third kappa shape index (κ3) is 7.04. The van der Waals surface area contributed by atoms with Gasteiger partial charge in [0.25, 0.3) is 0 Å². The van der Waals surface area contributed by atoms with Gasteiger partial charge in [0.2, 0.25) is 0 Å². The number of aliphatic imine (C=N–C) groups is 1. The first-order valence-corrected chi connectivity index (χ1v) is 8.84. The Bertz CT molecular complexity index is 1080. The fourth-order valence-electron chi connectivity index (χ4n) is 2.44. The average Bonchev–Trinajstić information content (AvgIpc) is 2.75. The molecule has 12 heteroatoms. The Morgan fingerprint density at radius 3 is 1.76 bits per heavy atom. The van der Waals surface area contributed by atoms with Gasteiger partial charge in [0.1, 0.15) is 34.9 Å². The van der Waals surface area contributed by atoms with Gasteiger partial charge in [0.05, 0.1) is 37.2 Å².